The molecule has 1 aliphatic carbocycles. The molecule has 1 aliphatic rings. The number of amides is 4. The van der Waals surface area contributed by atoms with Gasteiger partial charge in [0, 0.05) is 28.5 Å². The summed E-state index contributed by atoms with van der Waals surface area (Å²) in [7, 11) is 0. The zero-order valence-electron chi connectivity index (χ0n) is 14.3. The molecule has 7 heteroatoms. The number of nitrogens with one attached hydrogen (secondary N) is 3. The lowest BCUT2D eigenvalue weighted by molar-refractivity contribution is -0.117. The molecule has 0 saturated heterocycles. The molecular weight excluding hydrogens is 332 g/mol. The number of anilines is 3. The van der Waals surface area contributed by atoms with Crippen LogP contribution in [0.2, 0.25) is 0 Å². The Kier molecular flexibility index (Phi) is 4.88. The number of carbonyl (C=O) groups is 3. The van der Waals surface area contributed by atoms with Crippen LogP contribution in [0.5, 0.6) is 0 Å². The average Bonchev–Trinajstić information content (AvgIpc) is 3.32. The molecule has 4 amide bonds. The van der Waals surface area contributed by atoms with Gasteiger partial charge in [0.05, 0.1) is 0 Å². The Morgan fingerprint density at radius 1 is 0.923 bits per heavy atom. The smallest absolute Gasteiger partial charge is 0.316 e. The van der Waals surface area contributed by atoms with Crippen molar-refractivity contribution in [2.45, 2.75) is 13.3 Å². The van der Waals surface area contributed by atoms with Gasteiger partial charge in [-0.1, -0.05) is 19.1 Å². The second kappa shape index (κ2) is 7.26. The molecule has 2 aromatic carbocycles. The summed E-state index contributed by atoms with van der Waals surface area (Å²) < 4.78 is 0. The molecule has 0 radical (unpaired) electrons. The molecule has 1 saturated carbocycles. The van der Waals surface area contributed by atoms with Crippen LogP contribution >= 0.6 is 0 Å². The maximum Gasteiger partial charge on any atom is 0.316 e. The van der Waals surface area contributed by atoms with Crippen LogP contribution in [-0.4, -0.2) is 17.8 Å². The molecule has 26 heavy (non-hydrogen) atoms. The number of primary amides is 1. The van der Waals surface area contributed by atoms with E-state index in [0.717, 1.165) is 6.42 Å². The predicted octanol–water partition coefficient (Wildman–Crippen LogP) is 3.02. The fourth-order valence-corrected chi connectivity index (χ4v) is 2.68. The second-order valence-electron chi connectivity index (χ2n) is 6.41. The molecule has 5 N–H and O–H groups in total. The molecule has 0 bridgehead atoms. The number of rotatable bonds is 5. The highest BCUT2D eigenvalue weighted by Crippen LogP contribution is 2.38. The van der Waals surface area contributed by atoms with Crippen LogP contribution in [0.3, 0.4) is 0 Å². The maximum absolute atomic E-state index is 12.4. The van der Waals surface area contributed by atoms with Crippen LogP contribution in [0.15, 0.2) is 48.5 Å². The van der Waals surface area contributed by atoms with Crippen molar-refractivity contribution in [1.82, 2.24) is 0 Å². The molecule has 0 spiro atoms. The molecule has 134 valence electrons. The summed E-state index contributed by atoms with van der Waals surface area (Å²) in [6.45, 7) is 2.04. The maximum atomic E-state index is 12.4. The van der Waals surface area contributed by atoms with Crippen LogP contribution in [0.4, 0.5) is 21.9 Å². The number of nitrogens with two attached hydrogens (primary N) is 1. The van der Waals surface area contributed by atoms with E-state index in [-0.39, 0.29) is 17.7 Å². The van der Waals surface area contributed by atoms with Gasteiger partial charge in [0.2, 0.25) is 5.91 Å². The third-order valence-corrected chi connectivity index (χ3v) is 4.23. The van der Waals surface area contributed by atoms with E-state index in [9.17, 15) is 14.4 Å². The summed E-state index contributed by atoms with van der Waals surface area (Å²) >= 11 is 0. The third kappa shape index (κ3) is 4.38. The summed E-state index contributed by atoms with van der Waals surface area (Å²) in [5, 5.41) is 8.04. The summed E-state index contributed by atoms with van der Waals surface area (Å²) in [5.74, 6) is 0.146. The highest BCUT2D eigenvalue weighted by atomic mass is 16.2. The summed E-state index contributed by atoms with van der Waals surface area (Å²) in [5.41, 5.74) is 7.09. The lowest BCUT2D eigenvalue weighted by Crippen LogP contribution is -2.19. The van der Waals surface area contributed by atoms with Gasteiger partial charge in [-0.25, -0.2) is 4.79 Å². The Labute approximate surface area is 151 Å². The van der Waals surface area contributed by atoms with Gasteiger partial charge in [-0.05, 0) is 48.7 Å². The molecule has 3 rings (SSSR count). The Morgan fingerprint density at radius 3 is 2.12 bits per heavy atom. The number of urea groups is 1. The van der Waals surface area contributed by atoms with E-state index in [1.165, 1.54) is 0 Å². The molecule has 2 atom stereocenters. The van der Waals surface area contributed by atoms with Gasteiger partial charge in [-0.2, -0.15) is 0 Å². The quantitative estimate of drug-likeness (QED) is 0.663. The lowest BCUT2D eigenvalue weighted by Gasteiger charge is -2.09. The largest absolute Gasteiger partial charge is 0.351 e. The van der Waals surface area contributed by atoms with Crippen molar-refractivity contribution < 1.29 is 14.4 Å². The first-order valence-corrected chi connectivity index (χ1v) is 8.31. The van der Waals surface area contributed by atoms with E-state index >= 15 is 0 Å². The van der Waals surface area contributed by atoms with Crippen LogP contribution in [-0.2, 0) is 4.79 Å². The van der Waals surface area contributed by atoms with Crippen LogP contribution in [0.1, 0.15) is 23.7 Å². The SMILES string of the molecule is CC1CC1C(=O)Nc1cccc(C(=O)Nc2cccc(NC(N)=O)c2)c1. The van der Waals surface area contributed by atoms with Crippen molar-refractivity contribution in [2.75, 3.05) is 16.0 Å². The standard InChI is InChI=1S/C19H20N4O3/c1-11-8-16(11)18(25)22-13-5-2-4-12(9-13)17(24)21-14-6-3-7-15(10-14)23-19(20)26/h2-7,9-11,16H,8H2,1H3,(H,21,24)(H,22,25)(H3,20,23,26). The van der Waals surface area contributed by atoms with Gasteiger partial charge in [0.25, 0.3) is 5.91 Å². The Balaban J connectivity index is 1.67. The fraction of sp³-hybridized carbons (Fsp3) is 0.211. The first kappa shape index (κ1) is 17.5. The number of benzene rings is 2. The first-order chi connectivity index (χ1) is 12.4. The van der Waals surface area contributed by atoms with Crippen LogP contribution < -0.4 is 21.7 Å². The Morgan fingerprint density at radius 2 is 1.50 bits per heavy atom. The minimum Gasteiger partial charge on any atom is -0.351 e. The van der Waals surface area contributed by atoms with Crippen molar-refractivity contribution in [1.29, 1.82) is 0 Å². The third-order valence-electron chi connectivity index (χ3n) is 4.23. The van der Waals surface area contributed by atoms with E-state index in [1.807, 2.05) is 6.92 Å². The molecule has 2 unspecified atom stereocenters. The lowest BCUT2D eigenvalue weighted by atomic mass is 10.1. The topological polar surface area (TPSA) is 113 Å². The van der Waals surface area contributed by atoms with Gasteiger partial charge in [0.15, 0.2) is 0 Å². The van der Waals surface area contributed by atoms with Gasteiger partial charge in [-0.3, -0.25) is 9.59 Å². The molecular formula is C19H20N4O3. The molecule has 0 heterocycles. The van der Waals surface area contributed by atoms with Gasteiger partial charge in [0.1, 0.15) is 0 Å². The van der Waals surface area contributed by atoms with Crippen LogP contribution in [0.25, 0.3) is 0 Å². The van der Waals surface area contributed by atoms with E-state index in [1.54, 1.807) is 48.5 Å². The molecule has 0 aromatic heterocycles. The number of carbonyl (C=O) groups excluding carboxylic acids is 3. The number of hydrogen-bond donors (Lipinski definition) is 4. The molecule has 0 aliphatic heterocycles. The minimum atomic E-state index is -0.679. The Hall–Kier alpha value is -3.35. The van der Waals surface area contributed by atoms with E-state index < -0.39 is 6.03 Å². The summed E-state index contributed by atoms with van der Waals surface area (Å²) in [4.78, 5) is 35.4. The zero-order chi connectivity index (χ0) is 18.7. The molecule has 1 fully saturated rings. The second-order valence-corrected chi connectivity index (χ2v) is 6.41. The van der Waals surface area contributed by atoms with E-state index in [2.05, 4.69) is 16.0 Å². The van der Waals surface area contributed by atoms with Gasteiger partial charge in [-0.15, -0.1) is 0 Å². The fourth-order valence-electron chi connectivity index (χ4n) is 2.68. The highest BCUT2D eigenvalue weighted by molar-refractivity contribution is 6.06. The van der Waals surface area contributed by atoms with Gasteiger partial charge >= 0.3 is 6.03 Å². The Bertz CT molecular complexity index is 865. The molecule has 2 aromatic rings. The zero-order valence-corrected chi connectivity index (χ0v) is 14.3. The van der Waals surface area contributed by atoms with E-state index in [0.29, 0.717) is 28.5 Å². The van der Waals surface area contributed by atoms with Crippen molar-refractivity contribution >= 4 is 34.9 Å². The normalized spacial score (nSPS) is 17.9. The minimum absolute atomic E-state index is 0.0136. The predicted molar refractivity (Wildman–Crippen MR) is 99.9 cm³/mol. The van der Waals surface area contributed by atoms with Gasteiger partial charge < -0.3 is 21.7 Å². The first-order valence-electron chi connectivity index (χ1n) is 8.31. The monoisotopic (exact) mass is 352 g/mol. The summed E-state index contributed by atoms with van der Waals surface area (Å²) in [6.07, 6.45) is 0.904. The molecule has 7 nitrogen and oxygen atoms in total. The number of hydrogen-bond acceptors (Lipinski definition) is 3. The summed E-state index contributed by atoms with van der Waals surface area (Å²) in [6, 6.07) is 12.7. The highest BCUT2D eigenvalue weighted by Gasteiger charge is 2.39. The van der Waals surface area contributed by atoms with Crippen molar-refractivity contribution in [2.24, 2.45) is 17.6 Å². The van der Waals surface area contributed by atoms with Crippen molar-refractivity contribution in [3.05, 3.63) is 54.1 Å². The van der Waals surface area contributed by atoms with E-state index in [4.69, 9.17) is 5.73 Å². The van der Waals surface area contributed by atoms with Crippen molar-refractivity contribution in [3.8, 4) is 0 Å². The average molecular weight is 352 g/mol. The van der Waals surface area contributed by atoms with Crippen LogP contribution in [0, 0.1) is 11.8 Å². The van der Waals surface area contributed by atoms with Crippen molar-refractivity contribution in [3.63, 3.8) is 0 Å².